The maximum Gasteiger partial charge on any atom is 0.336 e. The summed E-state index contributed by atoms with van der Waals surface area (Å²) >= 11 is 0. The topological polar surface area (TPSA) is 63.6 Å². The molecule has 0 unspecified atom stereocenters. The number of allylic oxidation sites excluding steroid dienone is 4. The van der Waals surface area contributed by atoms with Crippen molar-refractivity contribution in [2.24, 2.45) is 39.9 Å². The number of fused-ring (bicyclic) bond motifs is 5. The molecule has 4 nitrogen and oxygen atoms in total. The predicted octanol–water partition coefficient (Wildman–Crippen LogP) is 5.56. The summed E-state index contributed by atoms with van der Waals surface area (Å²) in [6.45, 7) is 11.4. The Kier molecular flexibility index (Phi) is 5.36. The highest BCUT2D eigenvalue weighted by molar-refractivity contribution is 6.01. The number of hydrogen-bond donors (Lipinski definition) is 1. The molecule has 0 bridgehead atoms. The van der Waals surface area contributed by atoms with Gasteiger partial charge in [-0.2, -0.15) is 0 Å². The Morgan fingerprint density at radius 3 is 2.58 bits per heavy atom. The van der Waals surface area contributed by atoms with Crippen LogP contribution in [0.3, 0.4) is 0 Å². The van der Waals surface area contributed by atoms with Gasteiger partial charge in [0.25, 0.3) is 0 Å². The number of aliphatic hydroxyl groups is 1. The van der Waals surface area contributed by atoms with Crippen molar-refractivity contribution in [1.29, 1.82) is 0 Å². The SMILES string of the molecule is CC1=C(CO)C(=O)O[C@@H]([C@@H](C)[C@H]2CC[C@H]3[C@@H]4CCC5=CC(=O)C=C[C@]5(C)[C@@]4(C)CC[C@]23C)C1. The third-order valence-corrected chi connectivity index (χ3v) is 11.4. The van der Waals surface area contributed by atoms with Crippen LogP contribution in [0.15, 0.2) is 34.9 Å². The number of rotatable bonds is 3. The van der Waals surface area contributed by atoms with Gasteiger partial charge in [0.2, 0.25) is 0 Å². The van der Waals surface area contributed by atoms with E-state index in [4.69, 9.17) is 4.74 Å². The van der Waals surface area contributed by atoms with Crippen LogP contribution in [0.1, 0.15) is 79.6 Å². The Labute approximate surface area is 198 Å². The zero-order chi connectivity index (χ0) is 23.8. The number of carbonyl (C=O) groups is 2. The molecule has 1 N–H and O–H groups in total. The quantitative estimate of drug-likeness (QED) is 0.569. The highest BCUT2D eigenvalue weighted by Crippen LogP contribution is 2.71. The number of aliphatic hydroxyl groups excluding tert-OH is 1. The number of cyclic esters (lactones) is 1. The van der Waals surface area contributed by atoms with Crippen molar-refractivity contribution >= 4 is 11.8 Å². The van der Waals surface area contributed by atoms with E-state index in [1.54, 1.807) is 6.08 Å². The lowest BCUT2D eigenvalue weighted by atomic mass is 9.41. The fraction of sp³-hybridized carbons (Fsp3) is 0.724. The summed E-state index contributed by atoms with van der Waals surface area (Å²) in [7, 11) is 0. The van der Waals surface area contributed by atoms with Gasteiger partial charge >= 0.3 is 5.97 Å². The van der Waals surface area contributed by atoms with E-state index in [2.05, 4.69) is 33.8 Å². The van der Waals surface area contributed by atoms with Crippen LogP contribution in [-0.4, -0.2) is 29.6 Å². The lowest BCUT2D eigenvalue weighted by Gasteiger charge is -2.63. The van der Waals surface area contributed by atoms with Gasteiger partial charge in [0.15, 0.2) is 5.78 Å². The van der Waals surface area contributed by atoms with Crippen LogP contribution in [0.4, 0.5) is 0 Å². The molecule has 0 aromatic rings. The first-order valence-corrected chi connectivity index (χ1v) is 13.0. The fourth-order valence-electron chi connectivity index (χ4n) is 9.04. The average Bonchev–Trinajstić information content (AvgIpc) is 3.11. The summed E-state index contributed by atoms with van der Waals surface area (Å²) in [5.74, 6) is 2.01. The molecule has 180 valence electrons. The number of hydrogen-bond acceptors (Lipinski definition) is 4. The molecule has 0 spiro atoms. The van der Waals surface area contributed by atoms with E-state index in [9.17, 15) is 14.7 Å². The van der Waals surface area contributed by atoms with E-state index in [0.717, 1.165) is 18.4 Å². The maximum atomic E-state index is 12.5. The molecule has 3 saturated carbocycles. The summed E-state index contributed by atoms with van der Waals surface area (Å²) in [5.41, 5.74) is 3.20. The van der Waals surface area contributed by atoms with Gasteiger partial charge in [-0.15, -0.1) is 0 Å². The number of ketones is 1. The number of esters is 1. The van der Waals surface area contributed by atoms with Gasteiger partial charge < -0.3 is 9.84 Å². The van der Waals surface area contributed by atoms with Crippen molar-refractivity contribution in [3.8, 4) is 0 Å². The molecule has 0 radical (unpaired) electrons. The lowest BCUT2D eigenvalue weighted by molar-refractivity contribution is -0.153. The van der Waals surface area contributed by atoms with Gasteiger partial charge in [-0.3, -0.25) is 4.79 Å². The highest BCUT2D eigenvalue weighted by Gasteiger charge is 2.64. The molecule has 3 fully saturated rings. The molecule has 0 amide bonds. The number of carbonyl (C=O) groups excluding carboxylic acids is 2. The van der Waals surface area contributed by atoms with Crippen molar-refractivity contribution in [1.82, 2.24) is 0 Å². The molecule has 0 aromatic carbocycles. The van der Waals surface area contributed by atoms with Crippen LogP contribution < -0.4 is 0 Å². The van der Waals surface area contributed by atoms with Gasteiger partial charge in [-0.25, -0.2) is 4.79 Å². The summed E-state index contributed by atoms with van der Waals surface area (Å²) in [6.07, 6.45) is 13.6. The van der Waals surface area contributed by atoms with Crippen molar-refractivity contribution in [3.63, 3.8) is 0 Å². The molecule has 0 saturated heterocycles. The predicted molar refractivity (Wildman–Crippen MR) is 128 cm³/mol. The zero-order valence-electron chi connectivity index (χ0n) is 20.9. The van der Waals surface area contributed by atoms with Crippen molar-refractivity contribution in [2.45, 2.75) is 85.7 Å². The highest BCUT2D eigenvalue weighted by atomic mass is 16.5. The van der Waals surface area contributed by atoms with E-state index in [1.807, 2.05) is 13.0 Å². The third kappa shape index (κ3) is 3.12. The molecule has 0 aromatic heterocycles. The molecule has 5 aliphatic rings. The minimum absolute atomic E-state index is 0.0175. The zero-order valence-corrected chi connectivity index (χ0v) is 20.9. The molecule has 1 aliphatic heterocycles. The van der Waals surface area contributed by atoms with E-state index < -0.39 is 0 Å². The third-order valence-electron chi connectivity index (χ3n) is 11.4. The van der Waals surface area contributed by atoms with Crippen LogP contribution in [0.5, 0.6) is 0 Å². The average molecular weight is 453 g/mol. The Hall–Kier alpha value is -1.68. The molecular formula is C29H40O4. The van der Waals surface area contributed by atoms with Crippen LogP contribution in [0, 0.1) is 39.9 Å². The van der Waals surface area contributed by atoms with Crippen molar-refractivity contribution in [3.05, 3.63) is 34.9 Å². The van der Waals surface area contributed by atoms with Crippen LogP contribution in [0.2, 0.25) is 0 Å². The summed E-state index contributed by atoms with van der Waals surface area (Å²) < 4.78 is 5.88. The molecule has 5 rings (SSSR count). The monoisotopic (exact) mass is 452 g/mol. The van der Waals surface area contributed by atoms with Crippen molar-refractivity contribution < 1.29 is 19.4 Å². The Bertz CT molecular complexity index is 972. The first-order chi connectivity index (χ1) is 15.5. The second-order valence-corrected chi connectivity index (χ2v) is 12.4. The lowest BCUT2D eigenvalue weighted by Crippen LogP contribution is -2.56. The van der Waals surface area contributed by atoms with E-state index in [-0.39, 0.29) is 40.7 Å². The second kappa shape index (κ2) is 7.66. The van der Waals surface area contributed by atoms with Gasteiger partial charge in [-0.05, 0) is 92.1 Å². The van der Waals surface area contributed by atoms with Gasteiger partial charge in [0.1, 0.15) is 6.10 Å². The Morgan fingerprint density at radius 2 is 1.88 bits per heavy atom. The Balaban J connectivity index is 1.41. The molecule has 8 atom stereocenters. The van der Waals surface area contributed by atoms with Crippen LogP contribution >= 0.6 is 0 Å². The molecular weight excluding hydrogens is 412 g/mol. The van der Waals surface area contributed by atoms with Gasteiger partial charge in [-0.1, -0.05) is 44.9 Å². The van der Waals surface area contributed by atoms with E-state index >= 15 is 0 Å². The first-order valence-electron chi connectivity index (χ1n) is 13.0. The summed E-state index contributed by atoms with van der Waals surface area (Å²) in [5, 5.41) is 9.53. The molecule has 33 heavy (non-hydrogen) atoms. The van der Waals surface area contributed by atoms with Crippen LogP contribution in [0.25, 0.3) is 0 Å². The van der Waals surface area contributed by atoms with Crippen LogP contribution in [-0.2, 0) is 14.3 Å². The number of ether oxygens (including phenoxy) is 1. The maximum absolute atomic E-state index is 12.5. The molecule has 4 aliphatic carbocycles. The second-order valence-electron chi connectivity index (χ2n) is 12.4. The minimum atomic E-state index is -0.327. The molecule has 4 heteroatoms. The van der Waals surface area contributed by atoms with E-state index in [0.29, 0.717) is 29.2 Å². The standard InChI is InChI=1S/C29H40O4/c1-17-14-25(33-26(32)21(17)16-30)18(2)22-8-9-23-24-7-6-19-15-20(31)10-11-28(19,4)29(24,5)13-12-27(22,23)3/h10-11,15,18,22-25,30H,6-9,12-14,16H2,1-5H3/t18-,22+,23-,24-,25+,27+,28-,29-/m0/s1. The van der Waals surface area contributed by atoms with Gasteiger partial charge in [0, 0.05) is 11.8 Å². The molecule has 1 heterocycles. The summed E-state index contributed by atoms with van der Waals surface area (Å²) in [6, 6.07) is 0. The summed E-state index contributed by atoms with van der Waals surface area (Å²) in [4.78, 5) is 24.6. The van der Waals surface area contributed by atoms with Crippen molar-refractivity contribution in [2.75, 3.05) is 6.61 Å². The minimum Gasteiger partial charge on any atom is -0.458 e. The van der Waals surface area contributed by atoms with E-state index in [1.165, 1.54) is 37.7 Å². The van der Waals surface area contributed by atoms with Gasteiger partial charge in [0.05, 0.1) is 12.2 Å². The smallest absolute Gasteiger partial charge is 0.336 e. The first kappa shape index (κ1) is 23.1. The fourth-order valence-corrected chi connectivity index (χ4v) is 9.04. The normalized spacial score (nSPS) is 45.7. The Morgan fingerprint density at radius 1 is 1.12 bits per heavy atom. The largest absolute Gasteiger partial charge is 0.458 e.